The summed E-state index contributed by atoms with van der Waals surface area (Å²) in [7, 11) is 0. The predicted molar refractivity (Wildman–Crippen MR) is 84.5 cm³/mol. The third-order valence-corrected chi connectivity index (χ3v) is 4.24. The molecule has 1 aromatic carbocycles. The van der Waals surface area contributed by atoms with Crippen LogP contribution in [0.1, 0.15) is 44.1 Å². The van der Waals surface area contributed by atoms with E-state index in [1.807, 2.05) is 6.92 Å². The van der Waals surface area contributed by atoms with Crippen LogP contribution in [0.2, 0.25) is 5.02 Å². The third kappa shape index (κ3) is 4.74. The maximum Gasteiger partial charge on any atom is 0.233 e. The van der Waals surface area contributed by atoms with Crippen molar-refractivity contribution < 1.29 is 9.59 Å². The van der Waals surface area contributed by atoms with Crippen LogP contribution in [-0.4, -0.2) is 17.9 Å². The quantitative estimate of drug-likeness (QED) is 0.837. The van der Waals surface area contributed by atoms with Gasteiger partial charge in [-0.2, -0.15) is 0 Å². The maximum absolute atomic E-state index is 11.9. The fourth-order valence-corrected chi connectivity index (χ4v) is 2.78. The van der Waals surface area contributed by atoms with Crippen LogP contribution >= 0.6 is 11.6 Å². The number of carbonyl (C=O) groups excluding carboxylic acids is 2. The van der Waals surface area contributed by atoms with E-state index in [0.29, 0.717) is 10.7 Å². The molecule has 1 aliphatic rings. The molecule has 1 aromatic rings. The molecule has 2 N–H and O–H groups in total. The van der Waals surface area contributed by atoms with Crippen LogP contribution in [0.3, 0.4) is 0 Å². The molecular weight excluding hydrogens is 288 g/mol. The lowest BCUT2D eigenvalue weighted by molar-refractivity contribution is -0.127. The SMILES string of the molecule is Cc1c(Cl)cccc1NC(=O)CC(=O)NC1CCCCC1. The number of carbonyl (C=O) groups is 2. The zero-order valence-electron chi connectivity index (χ0n) is 12.2. The van der Waals surface area contributed by atoms with Gasteiger partial charge in [0.1, 0.15) is 6.42 Å². The molecule has 4 nitrogen and oxygen atoms in total. The minimum Gasteiger partial charge on any atom is -0.353 e. The van der Waals surface area contributed by atoms with Gasteiger partial charge >= 0.3 is 0 Å². The molecule has 0 unspecified atom stereocenters. The number of anilines is 1. The van der Waals surface area contributed by atoms with Crippen molar-refractivity contribution in [1.29, 1.82) is 0 Å². The van der Waals surface area contributed by atoms with Crippen molar-refractivity contribution in [2.75, 3.05) is 5.32 Å². The highest BCUT2D eigenvalue weighted by Gasteiger charge is 2.17. The lowest BCUT2D eigenvalue weighted by atomic mass is 9.95. The summed E-state index contributed by atoms with van der Waals surface area (Å²) in [5.74, 6) is -0.521. The Balaban J connectivity index is 1.83. The number of benzene rings is 1. The molecule has 114 valence electrons. The zero-order chi connectivity index (χ0) is 15.2. The molecule has 0 radical (unpaired) electrons. The molecule has 2 amide bonds. The number of nitrogens with one attached hydrogen (secondary N) is 2. The summed E-state index contributed by atoms with van der Waals surface area (Å²) in [5.41, 5.74) is 1.46. The summed E-state index contributed by atoms with van der Waals surface area (Å²) in [4.78, 5) is 23.8. The first-order valence-electron chi connectivity index (χ1n) is 7.40. The average molecular weight is 309 g/mol. The van der Waals surface area contributed by atoms with E-state index in [2.05, 4.69) is 10.6 Å². The van der Waals surface area contributed by atoms with Gasteiger partial charge in [-0.05, 0) is 37.5 Å². The van der Waals surface area contributed by atoms with E-state index < -0.39 is 0 Å². The second-order valence-corrected chi connectivity index (χ2v) is 5.95. The van der Waals surface area contributed by atoms with Gasteiger partial charge in [0, 0.05) is 16.8 Å². The summed E-state index contributed by atoms with van der Waals surface area (Å²) < 4.78 is 0. The molecule has 0 saturated heterocycles. The molecule has 0 spiro atoms. The van der Waals surface area contributed by atoms with Crippen LogP contribution in [0.4, 0.5) is 5.69 Å². The molecule has 1 saturated carbocycles. The predicted octanol–water partition coefficient (Wildman–Crippen LogP) is 3.43. The normalized spacial score (nSPS) is 15.5. The monoisotopic (exact) mass is 308 g/mol. The Kier molecular flexibility index (Phi) is 5.62. The Morgan fingerprint density at radius 3 is 2.62 bits per heavy atom. The Morgan fingerprint density at radius 1 is 1.19 bits per heavy atom. The first-order valence-corrected chi connectivity index (χ1v) is 7.78. The molecule has 1 fully saturated rings. The zero-order valence-corrected chi connectivity index (χ0v) is 13.0. The van der Waals surface area contributed by atoms with Crippen molar-refractivity contribution in [2.45, 2.75) is 51.5 Å². The van der Waals surface area contributed by atoms with Crippen molar-refractivity contribution in [3.63, 3.8) is 0 Å². The van der Waals surface area contributed by atoms with E-state index in [0.717, 1.165) is 31.2 Å². The van der Waals surface area contributed by atoms with Crippen LogP contribution in [0, 0.1) is 6.92 Å². The van der Waals surface area contributed by atoms with Crippen LogP contribution in [0.5, 0.6) is 0 Å². The minimum absolute atomic E-state index is 0.150. The summed E-state index contributed by atoms with van der Waals surface area (Å²) in [6.07, 6.45) is 5.42. The molecule has 21 heavy (non-hydrogen) atoms. The van der Waals surface area contributed by atoms with Gasteiger partial charge in [-0.1, -0.05) is 36.9 Å². The molecule has 0 heterocycles. The van der Waals surface area contributed by atoms with E-state index >= 15 is 0 Å². The van der Waals surface area contributed by atoms with Gasteiger partial charge in [0.05, 0.1) is 0 Å². The van der Waals surface area contributed by atoms with Crippen LogP contribution < -0.4 is 10.6 Å². The summed E-state index contributed by atoms with van der Waals surface area (Å²) in [5, 5.41) is 6.27. The molecule has 0 aromatic heterocycles. The highest BCUT2D eigenvalue weighted by atomic mass is 35.5. The van der Waals surface area contributed by atoms with Gasteiger partial charge in [-0.25, -0.2) is 0 Å². The lowest BCUT2D eigenvalue weighted by Crippen LogP contribution is -2.37. The highest BCUT2D eigenvalue weighted by molar-refractivity contribution is 6.31. The first-order chi connectivity index (χ1) is 10.1. The fraction of sp³-hybridized carbons (Fsp3) is 0.500. The van der Waals surface area contributed by atoms with Crippen LogP contribution in [0.25, 0.3) is 0 Å². The van der Waals surface area contributed by atoms with E-state index in [4.69, 9.17) is 11.6 Å². The Bertz CT molecular complexity index is 525. The van der Waals surface area contributed by atoms with Crippen molar-refractivity contribution >= 4 is 29.1 Å². The van der Waals surface area contributed by atoms with E-state index in [-0.39, 0.29) is 24.3 Å². The Morgan fingerprint density at radius 2 is 1.90 bits per heavy atom. The topological polar surface area (TPSA) is 58.2 Å². The maximum atomic E-state index is 11.9. The second kappa shape index (κ2) is 7.46. The van der Waals surface area contributed by atoms with Gasteiger partial charge in [0.2, 0.25) is 11.8 Å². The van der Waals surface area contributed by atoms with E-state index in [1.165, 1.54) is 6.42 Å². The van der Waals surface area contributed by atoms with Crippen LogP contribution in [-0.2, 0) is 9.59 Å². The van der Waals surface area contributed by atoms with Crippen molar-refractivity contribution in [1.82, 2.24) is 5.32 Å². The lowest BCUT2D eigenvalue weighted by Gasteiger charge is -2.22. The second-order valence-electron chi connectivity index (χ2n) is 5.54. The smallest absolute Gasteiger partial charge is 0.233 e. The average Bonchev–Trinajstić information content (AvgIpc) is 2.44. The van der Waals surface area contributed by atoms with Crippen molar-refractivity contribution in [3.8, 4) is 0 Å². The van der Waals surface area contributed by atoms with Crippen molar-refractivity contribution in [2.24, 2.45) is 0 Å². The summed E-state index contributed by atoms with van der Waals surface area (Å²) >= 11 is 6.00. The standard InChI is InChI=1S/C16H21ClN2O2/c1-11-13(17)8-5-9-14(11)19-16(21)10-15(20)18-12-6-3-2-4-7-12/h5,8-9,12H,2-4,6-7,10H2,1H3,(H,18,20)(H,19,21). The van der Waals surface area contributed by atoms with E-state index in [1.54, 1.807) is 18.2 Å². The van der Waals surface area contributed by atoms with Gasteiger partial charge < -0.3 is 10.6 Å². The van der Waals surface area contributed by atoms with Gasteiger partial charge in [-0.15, -0.1) is 0 Å². The molecule has 0 bridgehead atoms. The highest BCUT2D eigenvalue weighted by Crippen LogP contribution is 2.23. The number of hydrogen-bond donors (Lipinski definition) is 2. The van der Waals surface area contributed by atoms with E-state index in [9.17, 15) is 9.59 Å². The number of halogens is 1. The van der Waals surface area contributed by atoms with Crippen molar-refractivity contribution in [3.05, 3.63) is 28.8 Å². The van der Waals surface area contributed by atoms with Gasteiger partial charge in [-0.3, -0.25) is 9.59 Å². The summed E-state index contributed by atoms with van der Waals surface area (Å²) in [6.45, 7) is 1.83. The molecule has 1 aliphatic carbocycles. The third-order valence-electron chi connectivity index (χ3n) is 3.83. The number of amides is 2. The number of hydrogen-bond acceptors (Lipinski definition) is 2. The Hall–Kier alpha value is -1.55. The molecule has 5 heteroatoms. The van der Waals surface area contributed by atoms with Crippen LogP contribution in [0.15, 0.2) is 18.2 Å². The largest absolute Gasteiger partial charge is 0.353 e. The molecule has 0 aliphatic heterocycles. The molecular formula is C16H21ClN2O2. The Labute approximate surface area is 130 Å². The van der Waals surface area contributed by atoms with Gasteiger partial charge in [0.25, 0.3) is 0 Å². The fourth-order valence-electron chi connectivity index (χ4n) is 2.61. The van der Waals surface area contributed by atoms with Gasteiger partial charge in [0.15, 0.2) is 0 Å². The molecule has 0 atom stereocenters. The summed E-state index contributed by atoms with van der Waals surface area (Å²) in [6, 6.07) is 5.54. The first kappa shape index (κ1) is 15.8. The number of rotatable bonds is 4. The minimum atomic E-state index is -0.311. The molecule has 2 rings (SSSR count).